The second kappa shape index (κ2) is 6.37. The normalized spacial score (nSPS) is 27.6. The Bertz CT molecular complexity index is 173. The van der Waals surface area contributed by atoms with E-state index in [0.29, 0.717) is 0 Å². The van der Waals surface area contributed by atoms with E-state index in [-0.39, 0.29) is 12.6 Å². The second-order valence-electron chi connectivity index (χ2n) is 3.84. The summed E-state index contributed by atoms with van der Waals surface area (Å²) < 4.78 is 0. The molecule has 0 spiro atoms. The lowest BCUT2D eigenvalue weighted by atomic mass is 10.1. The minimum absolute atomic E-state index is 0.0530. The Kier molecular flexibility index (Phi) is 5.44. The lowest BCUT2D eigenvalue weighted by Gasteiger charge is -2.20. The summed E-state index contributed by atoms with van der Waals surface area (Å²) in [7, 11) is 0. The number of rotatable bonds is 6. The highest BCUT2D eigenvalue weighted by atomic mass is 16.7. The van der Waals surface area contributed by atoms with E-state index in [4.69, 9.17) is 9.94 Å². The molecule has 4 atom stereocenters. The van der Waals surface area contributed by atoms with E-state index in [1.165, 1.54) is 6.92 Å². The quantitative estimate of drug-likeness (QED) is 0.387. The van der Waals surface area contributed by atoms with Gasteiger partial charge in [0.15, 0.2) is 0 Å². The maximum atomic E-state index is 9.36. The molecule has 0 bridgehead atoms. The number of nitrogens with one attached hydrogen (secondary N) is 1. The summed E-state index contributed by atoms with van der Waals surface area (Å²) >= 11 is 0. The Morgan fingerprint density at radius 3 is 2.73 bits per heavy atom. The molecular weight excluding hydrogens is 200 g/mol. The van der Waals surface area contributed by atoms with Crippen LogP contribution in [0.15, 0.2) is 0 Å². The van der Waals surface area contributed by atoms with Crippen molar-refractivity contribution >= 4 is 0 Å². The summed E-state index contributed by atoms with van der Waals surface area (Å²) in [6, 6.07) is 0.195. The van der Waals surface area contributed by atoms with Crippen molar-refractivity contribution in [2.75, 3.05) is 19.7 Å². The third-order valence-electron chi connectivity index (χ3n) is 2.38. The largest absolute Gasteiger partial charge is 0.391 e. The first-order valence-electron chi connectivity index (χ1n) is 5.16. The summed E-state index contributed by atoms with van der Waals surface area (Å²) in [6.45, 7) is 2.91. The first kappa shape index (κ1) is 12.8. The zero-order valence-electron chi connectivity index (χ0n) is 8.83. The van der Waals surface area contributed by atoms with E-state index >= 15 is 0 Å². The van der Waals surface area contributed by atoms with Gasteiger partial charge in [0, 0.05) is 19.1 Å². The smallest absolute Gasteiger partial charge is 0.108 e. The Balaban J connectivity index is 2.08. The Morgan fingerprint density at radius 2 is 2.20 bits per heavy atom. The van der Waals surface area contributed by atoms with Crippen LogP contribution in [0.25, 0.3) is 0 Å². The molecule has 0 aromatic rings. The van der Waals surface area contributed by atoms with Crippen molar-refractivity contribution in [3.05, 3.63) is 0 Å². The van der Waals surface area contributed by atoms with Gasteiger partial charge in [-0.25, -0.2) is 5.32 Å². The van der Waals surface area contributed by atoms with Crippen LogP contribution in [-0.2, 0) is 4.84 Å². The summed E-state index contributed by atoms with van der Waals surface area (Å²) in [6.07, 6.45) is -2.31. The van der Waals surface area contributed by atoms with Crippen LogP contribution in [0.3, 0.4) is 0 Å². The SMILES string of the molecule is C[C@@H](O)[C@@H](O)[C@@H](O)CONC1CC[N]C1. The topological polar surface area (TPSA) is 96.1 Å². The van der Waals surface area contributed by atoms with Crippen molar-refractivity contribution < 1.29 is 20.2 Å². The van der Waals surface area contributed by atoms with Crippen molar-refractivity contribution in [3.8, 4) is 0 Å². The predicted octanol–water partition coefficient (Wildman–Crippen LogP) is -2.01. The van der Waals surface area contributed by atoms with Gasteiger partial charge in [-0.05, 0) is 13.3 Å². The van der Waals surface area contributed by atoms with E-state index < -0.39 is 18.3 Å². The third-order valence-corrected chi connectivity index (χ3v) is 2.38. The average molecular weight is 219 g/mol. The number of hydrogen-bond donors (Lipinski definition) is 4. The number of aliphatic hydroxyl groups is 3. The van der Waals surface area contributed by atoms with Crippen LogP contribution in [0.5, 0.6) is 0 Å². The average Bonchev–Trinajstić information content (AvgIpc) is 2.69. The van der Waals surface area contributed by atoms with Gasteiger partial charge in [-0.2, -0.15) is 5.48 Å². The Labute approximate surface area is 89.2 Å². The molecule has 1 rings (SSSR count). The Hall–Kier alpha value is -0.240. The molecule has 6 heteroatoms. The van der Waals surface area contributed by atoms with Crippen molar-refractivity contribution in [1.29, 1.82) is 0 Å². The predicted molar refractivity (Wildman–Crippen MR) is 53.1 cm³/mol. The van der Waals surface area contributed by atoms with Gasteiger partial charge < -0.3 is 15.3 Å². The molecule has 0 saturated carbocycles. The van der Waals surface area contributed by atoms with E-state index in [9.17, 15) is 10.2 Å². The molecule has 1 saturated heterocycles. The molecule has 0 aromatic carbocycles. The van der Waals surface area contributed by atoms with Gasteiger partial charge in [0.25, 0.3) is 0 Å². The van der Waals surface area contributed by atoms with Crippen LogP contribution >= 0.6 is 0 Å². The molecule has 0 amide bonds. The first-order valence-corrected chi connectivity index (χ1v) is 5.16. The summed E-state index contributed by atoms with van der Waals surface area (Å²) in [5.74, 6) is 0. The van der Waals surface area contributed by atoms with Crippen molar-refractivity contribution in [2.45, 2.75) is 37.7 Å². The first-order chi connectivity index (χ1) is 7.11. The maximum absolute atomic E-state index is 9.36. The molecule has 89 valence electrons. The fourth-order valence-electron chi connectivity index (χ4n) is 1.35. The van der Waals surface area contributed by atoms with Gasteiger partial charge in [-0.15, -0.1) is 0 Å². The fraction of sp³-hybridized carbons (Fsp3) is 1.00. The molecular formula is C9H19N2O4. The number of hydrogen-bond acceptors (Lipinski definition) is 5. The molecule has 1 radical (unpaired) electrons. The van der Waals surface area contributed by atoms with Gasteiger partial charge in [0.2, 0.25) is 0 Å². The van der Waals surface area contributed by atoms with Gasteiger partial charge >= 0.3 is 0 Å². The summed E-state index contributed by atoms with van der Waals surface area (Å²) in [4.78, 5) is 5.02. The van der Waals surface area contributed by atoms with Crippen LogP contribution in [-0.4, -0.2) is 59.4 Å². The van der Waals surface area contributed by atoms with Gasteiger partial charge in [-0.1, -0.05) is 0 Å². The van der Waals surface area contributed by atoms with Crippen LogP contribution in [0, 0.1) is 0 Å². The molecule has 6 nitrogen and oxygen atoms in total. The van der Waals surface area contributed by atoms with Gasteiger partial charge in [-0.3, -0.25) is 4.84 Å². The molecule has 1 fully saturated rings. The van der Waals surface area contributed by atoms with E-state index in [2.05, 4.69) is 10.8 Å². The number of nitrogens with zero attached hydrogens (tertiary/aromatic N) is 1. The second-order valence-corrected chi connectivity index (χ2v) is 3.84. The maximum Gasteiger partial charge on any atom is 0.108 e. The molecule has 1 unspecified atom stereocenters. The molecule has 1 heterocycles. The monoisotopic (exact) mass is 219 g/mol. The minimum atomic E-state index is -1.18. The molecule has 1 aliphatic heterocycles. The van der Waals surface area contributed by atoms with Gasteiger partial charge in [0.1, 0.15) is 12.2 Å². The molecule has 15 heavy (non-hydrogen) atoms. The Morgan fingerprint density at radius 1 is 1.47 bits per heavy atom. The fourth-order valence-corrected chi connectivity index (χ4v) is 1.35. The lowest BCUT2D eigenvalue weighted by molar-refractivity contribution is -0.104. The van der Waals surface area contributed by atoms with E-state index in [1.54, 1.807) is 0 Å². The van der Waals surface area contributed by atoms with Gasteiger partial charge in [0.05, 0.1) is 12.7 Å². The van der Waals surface area contributed by atoms with Crippen molar-refractivity contribution in [3.63, 3.8) is 0 Å². The highest BCUT2D eigenvalue weighted by Gasteiger charge is 2.22. The highest BCUT2D eigenvalue weighted by molar-refractivity contribution is 4.74. The number of aliphatic hydroxyl groups excluding tert-OH is 3. The summed E-state index contributed by atoms with van der Waals surface area (Å²) in [5, 5.41) is 31.8. The standard InChI is InChI=1S/C9H19N2O4/c1-6(12)9(14)8(13)5-15-11-7-2-3-10-4-7/h6-9,11-14H,2-5H2,1H3/t6-,7?,8+,9-/m1/s1. The van der Waals surface area contributed by atoms with E-state index in [1.807, 2.05) is 0 Å². The highest BCUT2D eigenvalue weighted by Crippen LogP contribution is 2.01. The van der Waals surface area contributed by atoms with Crippen LogP contribution < -0.4 is 10.8 Å². The zero-order chi connectivity index (χ0) is 11.3. The molecule has 0 aromatic heterocycles. The third kappa shape index (κ3) is 4.42. The molecule has 4 N–H and O–H groups in total. The lowest BCUT2D eigenvalue weighted by Crippen LogP contribution is -2.41. The number of hydroxylamine groups is 1. The van der Waals surface area contributed by atoms with Crippen LogP contribution in [0.2, 0.25) is 0 Å². The molecule has 1 aliphatic rings. The van der Waals surface area contributed by atoms with Crippen molar-refractivity contribution in [1.82, 2.24) is 10.8 Å². The van der Waals surface area contributed by atoms with Crippen molar-refractivity contribution in [2.24, 2.45) is 0 Å². The minimum Gasteiger partial charge on any atom is -0.391 e. The van der Waals surface area contributed by atoms with Crippen LogP contribution in [0.1, 0.15) is 13.3 Å². The molecule has 0 aliphatic carbocycles. The van der Waals surface area contributed by atoms with E-state index in [0.717, 1.165) is 19.5 Å². The summed E-state index contributed by atoms with van der Waals surface area (Å²) in [5.41, 5.74) is 2.76. The van der Waals surface area contributed by atoms with Crippen LogP contribution in [0.4, 0.5) is 0 Å². The zero-order valence-corrected chi connectivity index (χ0v) is 8.83.